The van der Waals surface area contributed by atoms with Gasteiger partial charge in [0, 0.05) is 17.5 Å². The topological polar surface area (TPSA) is 77.8 Å². The maximum absolute atomic E-state index is 13.3. The highest BCUT2D eigenvalue weighted by atomic mass is 16.5. The van der Waals surface area contributed by atoms with Crippen molar-refractivity contribution in [3.05, 3.63) is 45.6 Å². The van der Waals surface area contributed by atoms with E-state index in [4.69, 9.17) is 14.2 Å². The number of methoxy groups -OCH3 is 3. The number of benzene rings is 1. The average molecular weight is 470 g/mol. The summed E-state index contributed by atoms with van der Waals surface area (Å²) in [6.07, 6.45) is 5.73. The van der Waals surface area contributed by atoms with E-state index in [1.165, 1.54) is 32.4 Å². The third kappa shape index (κ3) is 4.86. The van der Waals surface area contributed by atoms with Gasteiger partial charge >= 0.3 is 0 Å². The molecule has 7 heteroatoms. The quantitative estimate of drug-likeness (QED) is 0.545. The number of nitrogens with one attached hydrogen (secondary N) is 2. The first-order chi connectivity index (χ1) is 16.6. The van der Waals surface area contributed by atoms with Crippen molar-refractivity contribution in [2.45, 2.75) is 38.1 Å². The maximum atomic E-state index is 13.3. The highest BCUT2D eigenvalue weighted by Crippen LogP contribution is 2.49. The normalized spacial score (nSPS) is 17.8. The van der Waals surface area contributed by atoms with E-state index >= 15 is 0 Å². The summed E-state index contributed by atoms with van der Waals surface area (Å²) in [7, 11) is 6.99. The predicted molar refractivity (Wildman–Crippen MR) is 135 cm³/mol. The number of nitrogens with two attached hydrogens (primary N) is 1. The number of hydrogen-bond acceptors (Lipinski definition) is 5. The number of quaternary nitrogens is 2. The minimum absolute atomic E-state index is 0.0321. The molecule has 0 radical (unpaired) electrons. The Hall–Kier alpha value is -2.77. The SMILES string of the molecule is C[NH2+][C@H]1CCc2cc(OC)c(OC)c(OC)c2-c2ccc(NCC[NH+]3CCCCC3)c(=O)cc21. The molecule has 0 amide bonds. The Kier molecular flexibility index (Phi) is 7.95. The van der Waals surface area contributed by atoms with E-state index in [1.54, 1.807) is 26.2 Å². The smallest absolute Gasteiger partial charge is 0.203 e. The summed E-state index contributed by atoms with van der Waals surface area (Å²) < 4.78 is 17.2. The van der Waals surface area contributed by atoms with Crippen molar-refractivity contribution in [1.29, 1.82) is 0 Å². The van der Waals surface area contributed by atoms with Crippen LogP contribution in [0.15, 0.2) is 29.1 Å². The standard InChI is InChI=1S/C27H37N3O4/c1-28-21-10-8-18-16-24(32-2)26(33-3)27(34-4)25(18)19-9-11-22(23(31)17-20(19)21)29-12-15-30-13-6-5-7-14-30/h9,11,16-17,21,28H,5-8,10,12-15H2,1-4H3,(H,29,31)/p+2/t21-/m0/s1. The number of fused-ring (bicyclic) bond motifs is 3. The van der Waals surface area contributed by atoms with Crippen LogP contribution in [0, 0.1) is 0 Å². The van der Waals surface area contributed by atoms with E-state index in [9.17, 15) is 4.79 Å². The predicted octanol–water partition coefficient (Wildman–Crippen LogP) is 1.40. The van der Waals surface area contributed by atoms with Crippen LogP contribution < -0.4 is 35.2 Å². The summed E-state index contributed by atoms with van der Waals surface area (Å²) in [5.74, 6) is 1.88. The minimum Gasteiger partial charge on any atom is -0.493 e. The van der Waals surface area contributed by atoms with Crippen molar-refractivity contribution in [3.63, 3.8) is 0 Å². The Morgan fingerprint density at radius 1 is 1.03 bits per heavy atom. The zero-order valence-corrected chi connectivity index (χ0v) is 21.0. The fourth-order valence-electron chi connectivity index (χ4n) is 5.51. The highest BCUT2D eigenvalue weighted by molar-refractivity contribution is 5.82. The average Bonchev–Trinajstić information content (AvgIpc) is 3.11. The third-order valence-electron chi connectivity index (χ3n) is 7.34. The van der Waals surface area contributed by atoms with Gasteiger partial charge in [-0.3, -0.25) is 4.79 Å². The number of piperidine rings is 1. The molecule has 4 N–H and O–H groups in total. The van der Waals surface area contributed by atoms with E-state index in [1.807, 2.05) is 18.2 Å². The molecule has 2 aromatic carbocycles. The molecule has 2 aromatic rings. The third-order valence-corrected chi connectivity index (χ3v) is 7.34. The molecule has 4 rings (SSSR count). The van der Waals surface area contributed by atoms with Gasteiger partial charge in [-0.2, -0.15) is 0 Å². The fourth-order valence-corrected chi connectivity index (χ4v) is 5.51. The molecular formula is C27H39N3O4+2. The van der Waals surface area contributed by atoms with Crippen LogP contribution in [-0.2, 0) is 6.42 Å². The lowest BCUT2D eigenvalue weighted by Crippen LogP contribution is -3.13. The van der Waals surface area contributed by atoms with Crippen LogP contribution >= 0.6 is 0 Å². The summed E-state index contributed by atoms with van der Waals surface area (Å²) in [4.78, 5) is 14.9. The molecule has 0 spiro atoms. The zero-order chi connectivity index (χ0) is 24.1. The van der Waals surface area contributed by atoms with Crippen molar-refractivity contribution in [3.8, 4) is 28.4 Å². The van der Waals surface area contributed by atoms with Crippen LogP contribution in [0.25, 0.3) is 11.1 Å². The van der Waals surface area contributed by atoms with Gasteiger partial charge in [0.05, 0.1) is 60.2 Å². The molecule has 0 bridgehead atoms. The van der Waals surface area contributed by atoms with Gasteiger partial charge in [-0.15, -0.1) is 0 Å². The lowest BCUT2D eigenvalue weighted by Gasteiger charge is -2.23. The number of aryl methyl sites for hydroxylation is 1. The van der Waals surface area contributed by atoms with Crippen molar-refractivity contribution >= 4 is 5.69 Å². The first kappa shape index (κ1) is 24.4. The van der Waals surface area contributed by atoms with Gasteiger partial charge in [-0.25, -0.2) is 0 Å². The Morgan fingerprint density at radius 3 is 2.47 bits per heavy atom. The summed E-state index contributed by atoms with van der Waals surface area (Å²) >= 11 is 0. The molecule has 0 aromatic heterocycles. The molecule has 34 heavy (non-hydrogen) atoms. The second-order valence-corrected chi connectivity index (χ2v) is 9.27. The van der Waals surface area contributed by atoms with E-state index in [2.05, 4.69) is 23.7 Å². The number of ether oxygens (including phenoxy) is 3. The van der Waals surface area contributed by atoms with Gasteiger partial charge in [0.25, 0.3) is 0 Å². The zero-order valence-electron chi connectivity index (χ0n) is 21.0. The van der Waals surface area contributed by atoms with Crippen LogP contribution in [0.1, 0.15) is 42.9 Å². The second kappa shape index (κ2) is 11.1. The van der Waals surface area contributed by atoms with Gasteiger partial charge in [0.15, 0.2) is 11.5 Å². The van der Waals surface area contributed by atoms with Crippen LogP contribution in [0.2, 0.25) is 0 Å². The summed E-state index contributed by atoms with van der Waals surface area (Å²) in [6.45, 7) is 4.31. The van der Waals surface area contributed by atoms with Gasteiger partial charge in [0.2, 0.25) is 11.2 Å². The molecule has 7 nitrogen and oxygen atoms in total. The Balaban J connectivity index is 1.76. The molecule has 1 fully saturated rings. The van der Waals surface area contributed by atoms with E-state index < -0.39 is 0 Å². The van der Waals surface area contributed by atoms with Crippen molar-refractivity contribution in [2.75, 3.05) is 59.9 Å². The molecule has 1 atom stereocenters. The Labute approximate surface area is 202 Å². The van der Waals surface area contributed by atoms with E-state index in [0.717, 1.165) is 48.2 Å². The summed E-state index contributed by atoms with van der Waals surface area (Å²) in [5, 5.41) is 5.62. The first-order valence-electron chi connectivity index (χ1n) is 12.5. The second-order valence-electron chi connectivity index (χ2n) is 9.27. The number of rotatable bonds is 8. The van der Waals surface area contributed by atoms with E-state index in [0.29, 0.717) is 22.9 Å². The number of hydrogen-bond donors (Lipinski definition) is 3. The number of anilines is 1. The van der Waals surface area contributed by atoms with Crippen LogP contribution in [-0.4, -0.2) is 54.6 Å². The highest BCUT2D eigenvalue weighted by Gasteiger charge is 2.30. The molecule has 1 saturated heterocycles. The first-order valence-corrected chi connectivity index (χ1v) is 12.5. The van der Waals surface area contributed by atoms with Crippen LogP contribution in [0.3, 0.4) is 0 Å². The molecule has 2 aliphatic rings. The van der Waals surface area contributed by atoms with Gasteiger partial charge in [0.1, 0.15) is 6.04 Å². The minimum atomic E-state index is 0.0321. The number of likely N-dealkylation sites (tertiary alicyclic amines) is 1. The van der Waals surface area contributed by atoms with Crippen LogP contribution in [0.4, 0.5) is 5.69 Å². The van der Waals surface area contributed by atoms with Gasteiger partial charge < -0.3 is 29.7 Å². The molecule has 0 saturated carbocycles. The van der Waals surface area contributed by atoms with Crippen molar-refractivity contribution in [2.24, 2.45) is 0 Å². The lowest BCUT2D eigenvalue weighted by molar-refractivity contribution is -0.903. The van der Waals surface area contributed by atoms with Gasteiger partial charge in [-0.05, 0) is 55.0 Å². The molecular weight excluding hydrogens is 430 g/mol. The summed E-state index contributed by atoms with van der Waals surface area (Å²) in [5.41, 5.74) is 4.86. The molecule has 1 heterocycles. The Morgan fingerprint density at radius 2 is 1.79 bits per heavy atom. The van der Waals surface area contributed by atoms with Crippen molar-refractivity contribution < 1.29 is 24.4 Å². The summed E-state index contributed by atoms with van der Waals surface area (Å²) in [6, 6.07) is 8.05. The molecule has 184 valence electrons. The monoisotopic (exact) mass is 469 g/mol. The maximum Gasteiger partial charge on any atom is 0.203 e. The Bertz CT molecular complexity index is 1070. The molecule has 1 aliphatic heterocycles. The lowest BCUT2D eigenvalue weighted by atomic mass is 9.95. The molecule has 1 aliphatic carbocycles. The van der Waals surface area contributed by atoms with Crippen LogP contribution in [0.5, 0.6) is 17.2 Å². The molecule has 0 unspecified atom stereocenters. The largest absolute Gasteiger partial charge is 0.493 e. The van der Waals surface area contributed by atoms with E-state index in [-0.39, 0.29) is 11.5 Å². The fraction of sp³-hybridized carbons (Fsp3) is 0.519. The van der Waals surface area contributed by atoms with Gasteiger partial charge in [-0.1, -0.05) is 6.07 Å². The van der Waals surface area contributed by atoms with Crippen molar-refractivity contribution in [1.82, 2.24) is 0 Å².